The van der Waals surface area contributed by atoms with Crippen molar-refractivity contribution in [3.05, 3.63) is 59.2 Å². The van der Waals surface area contributed by atoms with Gasteiger partial charge in [-0.25, -0.2) is 4.99 Å². The van der Waals surface area contributed by atoms with E-state index in [1.165, 1.54) is 0 Å². The molecule has 2 aromatic carbocycles. The highest BCUT2D eigenvalue weighted by Gasteiger charge is 2.21. The molecule has 5 heteroatoms. The predicted octanol–water partition coefficient (Wildman–Crippen LogP) is 5.37. The SMILES string of the molecule is CCCN(CCC)C(=O)C1=Cc2ccc(-c3cccc(C(=O)CC)c3)cc2N=C(N)C1. The van der Waals surface area contributed by atoms with Crippen LogP contribution in [0.1, 0.15) is 62.4 Å². The molecule has 0 aromatic heterocycles. The fourth-order valence-corrected chi connectivity index (χ4v) is 3.84. The molecule has 0 radical (unpaired) electrons. The summed E-state index contributed by atoms with van der Waals surface area (Å²) in [6.07, 6.45) is 4.57. The van der Waals surface area contributed by atoms with Gasteiger partial charge in [0.25, 0.3) is 0 Å². The van der Waals surface area contributed by atoms with Crippen LogP contribution in [0.25, 0.3) is 17.2 Å². The van der Waals surface area contributed by atoms with Crippen molar-refractivity contribution in [2.24, 2.45) is 10.7 Å². The Bertz CT molecular complexity index is 1030. The summed E-state index contributed by atoms with van der Waals surface area (Å²) in [6.45, 7) is 7.49. The first kappa shape index (κ1) is 22.5. The second-order valence-electron chi connectivity index (χ2n) is 7.87. The lowest BCUT2D eigenvalue weighted by atomic mass is 9.98. The Morgan fingerprint density at radius 2 is 1.71 bits per heavy atom. The number of hydrogen-bond acceptors (Lipinski definition) is 4. The zero-order chi connectivity index (χ0) is 22.4. The number of Topliss-reactive ketones (excluding diaryl/α,β-unsaturated/α-hetero) is 1. The molecule has 0 atom stereocenters. The Balaban J connectivity index is 1.97. The average Bonchev–Trinajstić information content (AvgIpc) is 2.95. The van der Waals surface area contributed by atoms with Gasteiger partial charge in [-0.1, -0.05) is 51.1 Å². The fourth-order valence-electron chi connectivity index (χ4n) is 3.84. The number of amidine groups is 1. The number of ketones is 1. The van der Waals surface area contributed by atoms with Gasteiger partial charge in [-0.3, -0.25) is 9.59 Å². The number of hydrogen-bond donors (Lipinski definition) is 1. The summed E-state index contributed by atoms with van der Waals surface area (Å²) in [5, 5.41) is 0. The summed E-state index contributed by atoms with van der Waals surface area (Å²) in [5.41, 5.74) is 11.1. The highest BCUT2D eigenvalue weighted by molar-refractivity contribution is 6.05. The van der Waals surface area contributed by atoms with Crippen LogP contribution in [0.3, 0.4) is 0 Å². The second kappa shape index (κ2) is 10.2. The number of rotatable bonds is 8. The van der Waals surface area contributed by atoms with E-state index in [2.05, 4.69) is 18.8 Å². The number of nitrogens with two attached hydrogens (primary N) is 1. The van der Waals surface area contributed by atoms with Crippen molar-refractivity contribution < 1.29 is 9.59 Å². The van der Waals surface area contributed by atoms with Gasteiger partial charge >= 0.3 is 0 Å². The number of fused-ring (bicyclic) bond motifs is 1. The van der Waals surface area contributed by atoms with Crippen LogP contribution >= 0.6 is 0 Å². The third-order valence-electron chi connectivity index (χ3n) is 5.38. The first-order valence-corrected chi connectivity index (χ1v) is 11.1. The van der Waals surface area contributed by atoms with Crippen molar-refractivity contribution in [3.63, 3.8) is 0 Å². The first-order valence-electron chi connectivity index (χ1n) is 11.1. The molecule has 1 aliphatic heterocycles. The molecular formula is C26H31N3O2. The van der Waals surface area contributed by atoms with E-state index in [1.807, 2.05) is 60.4 Å². The number of carbonyl (C=O) groups excluding carboxylic acids is 2. The number of carbonyl (C=O) groups is 2. The van der Waals surface area contributed by atoms with Gasteiger partial charge in [0.2, 0.25) is 5.91 Å². The molecule has 1 amide bonds. The van der Waals surface area contributed by atoms with Gasteiger partial charge in [-0.2, -0.15) is 0 Å². The summed E-state index contributed by atoms with van der Waals surface area (Å²) >= 11 is 0. The molecule has 5 nitrogen and oxygen atoms in total. The van der Waals surface area contributed by atoms with Crippen molar-refractivity contribution >= 4 is 29.3 Å². The Morgan fingerprint density at radius 3 is 2.39 bits per heavy atom. The fraction of sp³-hybridized carbons (Fsp3) is 0.346. The average molecular weight is 418 g/mol. The summed E-state index contributed by atoms with van der Waals surface area (Å²) in [7, 11) is 0. The molecule has 0 saturated carbocycles. The molecule has 1 aliphatic rings. The third kappa shape index (κ3) is 5.29. The summed E-state index contributed by atoms with van der Waals surface area (Å²) in [5.74, 6) is 0.580. The van der Waals surface area contributed by atoms with Gasteiger partial charge in [0.1, 0.15) is 5.84 Å². The molecule has 2 N–H and O–H groups in total. The van der Waals surface area contributed by atoms with Gasteiger partial charge in [0.05, 0.1) is 5.69 Å². The zero-order valence-corrected chi connectivity index (χ0v) is 18.6. The smallest absolute Gasteiger partial charge is 0.250 e. The van der Waals surface area contributed by atoms with Crippen molar-refractivity contribution in [3.8, 4) is 11.1 Å². The molecule has 2 aromatic rings. The van der Waals surface area contributed by atoms with E-state index in [0.29, 0.717) is 29.8 Å². The molecule has 0 aliphatic carbocycles. The van der Waals surface area contributed by atoms with Crippen molar-refractivity contribution in [1.82, 2.24) is 4.90 Å². The number of benzene rings is 2. The molecule has 0 unspecified atom stereocenters. The van der Waals surface area contributed by atoms with Gasteiger partial charge in [-0.15, -0.1) is 0 Å². The standard InChI is InChI=1S/C26H31N3O2/c1-4-12-29(13-5-2)26(31)22-15-20-11-10-19(16-23(20)28-25(27)17-22)18-8-7-9-21(14-18)24(30)6-3/h7-11,14-16H,4-6,12-13,17H2,1-3H3,(H2,27,28). The van der Waals surface area contributed by atoms with Crippen LogP contribution in [0.2, 0.25) is 0 Å². The Hall–Kier alpha value is -3.21. The Kier molecular flexibility index (Phi) is 7.40. The van der Waals surface area contributed by atoms with Gasteiger partial charge in [0, 0.05) is 42.6 Å². The van der Waals surface area contributed by atoms with Crippen LogP contribution in [0.4, 0.5) is 5.69 Å². The molecule has 31 heavy (non-hydrogen) atoms. The topological polar surface area (TPSA) is 75.8 Å². The van der Waals surface area contributed by atoms with Crippen molar-refractivity contribution in [1.29, 1.82) is 0 Å². The second-order valence-corrected chi connectivity index (χ2v) is 7.87. The zero-order valence-electron chi connectivity index (χ0n) is 18.6. The lowest BCUT2D eigenvalue weighted by Gasteiger charge is -2.22. The third-order valence-corrected chi connectivity index (χ3v) is 5.38. The highest BCUT2D eigenvalue weighted by Crippen LogP contribution is 2.32. The predicted molar refractivity (Wildman–Crippen MR) is 128 cm³/mol. The molecule has 3 rings (SSSR count). The van der Waals surface area contributed by atoms with Crippen LogP contribution in [0.15, 0.2) is 53.0 Å². The molecule has 0 bridgehead atoms. The van der Waals surface area contributed by atoms with Gasteiger partial charge in [-0.05, 0) is 42.2 Å². The quantitative estimate of drug-likeness (QED) is 0.587. The highest BCUT2D eigenvalue weighted by atomic mass is 16.2. The lowest BCUT2D eigenvalue weighted by molar-refractivity contribution is -0.127. The molecule has 162 valence electrons. The largest absolute Gasteiger partial charge is 0.387 e. The van der Waals surface area contributed by atoms with Crippen LogP contribution in [-0.4, -0.2) is 35.5 Å². The van der Waals surface area contributed by atoms with Gasteiger partial charge in [0.15, 0.2) is 5.78 Å². The summed E-state index contributed by atoms with van der Waals surface area (Å²) in [6, 6.07) is 13.6. The monoisotopic (exact) mass is 417 g/mol. The van der Waals surface area contributed by atoms with Crippen LogP contribution in [0.5, 0.6) is 0 Å². The van der Waals surface area contributed by atoms with E-state index in [4.69, 9.17) is 5.73 Å². The first-order chi connectivity index (χ1) is 15.0. The van der Waals surface area contributed by atoms with E-state index >= 15 is 0 Å². The molecule has 1 heterocycles. The van der Waals surface area contributed by atoms with E-state index < -0.39 is 0 Å². The normalized spacial score (nSPS) is 13.0. The lowest BCUT2D eigenvalue weighted by Crippen LogP contribution is -2.34. The van der Waals surface area contributed by atoms with Gasteiger partial charge < -0.3 is 10.6 Å². The Labute approximate surface area is 184 Å². The minimum absolute atomic E-state index is 0.0320. The molecule has 0 fully saturated rings. The minimum Gasteiger partial charge on any atom is -0.387 e. The van der Waals surface area contributed by atoms with Crippen LogP contribution in [0, 0.1) is 0 Å². The van der Waals surface area contributed by atoms with E-state index in [-0.39, 0.29) is 11.7 Å². The maximum absolute atomic E-state index is 13.1. The van der Waals surface area contributed by atoms with E-state index in [0.717, 1.165) is 48.3 Å². The number of aliphatic imine (C=N–C) groups is 1. The number of nitrogens with zero attached hydrogens (tertiary/aromatic N) is 2. The minimum atomic E-state index is 0.0320. The van der Waals surface area contributed by atoms with Crippen molar-refractivity contribution in [2.75, 3.05) is 13.1 Å². The maximum Gasteiger partial charge on any atom is 0.250 e. The summed E-state index contributed by atoms with van der Waals surface area (Å²) < 4.78 is 0. The maximum atomic E-state index is 13.1. The molecule has 0 saturated heterocycles. The van der Waals surface area contributed by atoms with Crippen molar-refractivity contribution in [2.45, 2.75) is 46.5 Å². The summed E-state index contributed by atoms with van der Waals surface area (Å²) in [4.78, 5) is 31.7. The van der Waals surface area contributed by atoms with E-state index in [1.54, 1.807) is 0 Å². The molecular weight excluding hydrogens is 386 g/mol. The van der Waals surface area contributed by atoms with E-state index in [9.17, 15) is 9.59 Å². The van der Waals surface area contributed by atoms with Crippen LogP contribution in [-0.2, 0) is 4.79 Å². The molecule has 0 spiro atoms. The number of amides is 1. The van der Waals surface area contributed by atoms with Crippen LogP contribution < -0.4 is 5.73 Å². The Morgan fingerprint density at radius 1 is 1.00 bits per heavy atom.